The fourth-order valence-corrected chi connectivity index (χ4v) is 8.88. The van der Waals surface area contributed by atoms with Crippen molar-refractivity contribution >= 4 is 67.9 Å². The number of aromatic amines is 1. The third kappa shape index (κ3) is 9.06. The van der Waals surface area contributed by atoms with Gasteiger partial charge in [0, 0.05) is 112 Å². The standard InChI is InChI=1S/C42H46F2N12O7S/c1-3-53(2)64(62,63)52-31-6-4-5-27(35(31)43)37(59)29-24-47-38-28(29)19-25(21-46-38)26-22-48-41(49-23-26)56-17-15-54(16-18-56)34(58)20-42(61)10-13-55(14-11-42)39-36(44)30(9-12-45-39)50-32-7-8-33(57)51-40(32)60/h4-6,9,12,19,21-24,32,52,61H,3,7-8,10-11,13-18,20H2,1-2H3,(H,45,50)(H,46,47)(H,51,57,60). The van der Waals surface area contributed by atoms with Crippen LogP contribution in [-0.2, 0) is 24.6 Å². The van der Waals surface area contributed by atoms with E-state index in [0.717, 1.165) is 4.31 Å². The molecule has 3 fully saturated rings. The molecule has 0 bridgehead atoms. The van der Waals surface area contributed by atoms with Crippen LogP contribution in [0.5, 0.6) is 0 Å². The number of piperidine rings is 2. The molecule has 336 valence electrons. The van der Waals surface area contributed by atoms with Crippen LogP contribution >= 0.6 is 0 Å². The molecule has 1 unspecified atom stereocenters. The number of aromatic nitrogens is 5. The number of aliphatic hydroxyl groups is 1. The third-order valence-electron chi connectivity index (χ3n) is 11.9. The lowest BCUT2D eigenvalue weighted by atomic mass is 9.87. The number of H-pyrrole nitrogens is 1. The lowest BCUT2D eigenvalue weighted by Crippen LogP contribution is -2.52. The first-order valence-electron chi connectivity index (χ1n) is 20.7. The molecule has 5 N–H and O–H groups in total. The van der Waals surface area contributed by atoms with Gasteiger partial charge in [0.1, 0.15) is 11.7 Å². The van der Waals surface area contributed by atoms with Crippen LogP contribution in [0.4, 0.5) is 31.9 Å². The normalized spacial score (nSPS) is 18.0. The minimum atomic E-state index is -4.04. The number of piperazine rings is 1. The van der Waals surface area contributed by atoms with Gasteiger partial charge in [-0.05, 0) is 43.5 Å². The molecule has 8 rings (SSSR count). The van der Waals surface area contributed by atoms with Crippen LogP contribution in [0.25, 0.3) is 22.2 Å². The zero-order chi connectivity index (χ0) is 45.3. The van der Waals surface area contributed by atoms with E-state index in [1.807, 2.05) is 4.90 Å². The van der Waals surface area contributed by atoms with Gasteiger partial charge >= 0.3 is 10.2 Å². The van der Waals surface area contributed by atoms with Crippen LogP contribution in [0.15, 0.2) is 61.3 Å². The largest absolute Gasteiger partial charge is 0.389 e. The number of imide groups is 1. The number of ketones is 1. The molecule has 64 heavy (non-hydrogen) atoms. The maximum Gasteiger partial charge on any atom is 0.301 e. The first-order valence-corrected chi connectivity index (χ1v) is 22.2. The van der Waals surface area contributed by atoms with Crippen molar-refractivity contribution in [2.75, 3.05) is 72.7 Å². The van der Waals surface area contributed by atoms with E-state index in [-0.39, 0.29) is 91.9 Å². The summed E-state index contributed by atoms with van der Waals surface area (Å²) in [5, 5.41) is 17.0. The van der Waals surface area contributed by atoms with E-state index < -0.39 is 45.2 Å². The number of amides is 3. The molecule has 0 aliphatic carbocycles. The van der Waals surface area contributed by atoms with E-state index in [4.69, 9.17) is 0 Å². The minimum Gasteiger partial charge on any atom is -0.389 e. The second-order valence-corrected chi connectivity index (χ2v) is 17.8. The van der Waals surface area contributed by atoms with Crippen molar-refractivity contribution in [1.82, 2.24) is 39.4 Å². The number of hydrogen-bond acceptors (Lipinski definition) is 14. The smallest absolute Gasteiger partial charge is 0.301 e. The van der Waals surface area contributed by atoms with E-state index in [0.29, 0.717) is 54.3 Å². The zero-order valence-corrected chi connectivity index (χ0v) is 35.8. The number of fused-ring (bicyclic) bond motifs is 1. The van der Waals surface area contributed by atoms with Gasteiger partial charge in [-0.1, -0.05) is 13.0 Å². The Kier molecular flexibility index (Phi) is 12.3. The second-order valence-electron chi connectivity index (χ2n) is 16.0. The van der Waals surface area contributed by atoms with Crippen LogP contribution in [-0.4, -0.2) is 136 Å². The van der Waals surface area contributed by atoms with Crippen molar-refractivity contribution in [1.29, 1.82) is 0 Å². The van der Waals surface area contributed by atoms with Gasteiger partial charge in [-0.15, -0.1) is 0 Å². The maximum atomic E-state index is 15.6. The van der Waals surface area contributed by atoms with E-state index in [2.05, 4.69) is 40.3 Å². The fourth-order valence-electron chi connectivity index (χ4n) is 7.95. The number of nitrogens with zero attached hydrogens (tertiary/aromatic N) is 8. The summed E-state index contributed by atoms with van der Waals surface area (Å²) in [6.45, 7) is 3.95. The molecule has 0 saturated carbocycles. The number of benzene rings is 1. The first-order chi connectivity index (χ1) is 30.6. The van der Waals surface area contributed by atoms with Gasteiger partial charge in [-0.25, -0.2) is 28.7 Å². The molecule has 3 aliphatic rings. The number of rotatable bonds is 13. The highest BCUT2D eigenvalue weighted by Crippen LogP contribution is 2.33. The average molecular weight is 901 g/mol. The zero-order valence-electron chi connectivity index (χ0n) is 35.0. The van der Waals surface area contributed by atoms with Gasteiger partial charge < -0.3 is 30.1 Å². The second kappa shape index (κ2) is 17.8. The monoisotopic (exact) mass is 900 g/mol. The molecule has 1 aromatic carbocycles. The Hall–Kier alpha value is -6.65. The van der Waals surface area contributed by atoms with Crippen molar-refractivity contribution in [2.24, 2.45) is 0 Å². The Morgan fingerprint density at radius 1 is 0.922 bits per heavy atom. The predicted octanol–water partition coefficient (Wildman–Crippen LogP) is 2.82. The Bertz CT molecular complexity index is 2720. The van der Waals surface area contributed by atoms with Gasteiger partial charge in [-0.3, -0.25) is 29.2 Å². The molecule has 3 aliphatic heterocycles. The van der Waals surface area contributed by atoms with Crippen LogP contribution < -0.4 is 25.2 Å². The Labute approximate surface area is 366 Å². The third-order valence-corrected chi connectivity index (χ3v) is 13.5. The molecule has 3 saturated heterocycles. The molecule has 0 spiro atoms. The number of pyridine rings is 2. The summed E-state index contributed by atoms with van der Waals surface area (Å²) in [4.78, 5) is 76.9. The van der Waals surface area contributed by atoms with Crippen molar-refractivity contribution in [3.05, 3.63) is 84.1 Å². The van der Waals surface area contributed by atoms with Gasteiger partial charge in [0.25, 0.3) is 0 Å². The number of nitrogens with one attached hydrogen (secondary N) is 4. The summed E-state index contributed by atoms with van der Waals surface area (Å²) in [6.07, 6.45) is 8.40. The average Bonchev–Trinajstić information content (AvgIpc) is 3.72. The summed E-state index contributed by atoms with van der Waals surface area (Å²) in [5.74, 6) is -2.90. The van der Waals surface area contributed by atoms with E-state index in [9.17, 15) is 32.7 Å². The van der Waals surface area contributed by atoms with Crippen LogP contribution in [0, 0.1) is 11.6 Å². The lowest BCUT2D eigenvalue weighted by molar-refractivity contribution is -0.138. The van der Waals surface area contributed by atoms with E-state index in [1.165, 1.54) is 43.7 Å². The molecule has 22 heteroatoms. The number of carbonyl (C=O) groups is 4. The van der Waals surface area contributed by atoms with Gasteiger partial charge in [0.2, 0.25) is 23.7 Å². The highest BCUT2D eigenvalue weighted by Gasteiger charge is 2.38. The number of anilines is 4. The van der Waals surface area contributed by atoms with Gasteiger partial charge in [-0.2, -0.15) is 12.7 Å². The summed E-state index contributed by atoms with van der Waals surface area (Å²) < 4.78 is 59.5. The van der Waals surface area contributed by atoms with E-state index >= 15 is 8.78 Å². The summed E-state index contributed by atoms with van der Waals surface area (Å²) >= 11 is 0. The van der Waals surface area contributed by atoms with Gasteiger partial charge in [0.15, 0.2) is 23.2 Å². The van der Waals surface area contributed by atoms with Gasteiger partial charge in [0.05, 0.1) is 29.0 Å². The summed E-state index contributed by atoms with van der Waals surface area (Å²) in [6, 6.07) is 6.29. The topological polar surface area (TPSA) is 239 Å². The Balaban J connectivity index is 0.852. The lowest BCUT2D eigenvalue weighted by Gasteiger charge is -2.40. The number of hydrogen-bond donors (Lipinski definition) is 5. The molecular formula is C42H46F2N12O7S. The first kappa shape index (κ1) is 44.0. The summed E-state index contributed by atoms with van der Waals surface area (Å²) in [7, 11) is -2.69. The Morgan fingerprint density at radius 3 is 2.34 bits per heavy atom. The molecule has 5 aromatic rings. The molecule has 4 aromatic heterocycles. The van der Waals surface area contributed by atoms with Crippen LogP contribution in [0.2, 0.25) is 0 Å². The van der Waals surface area contributed by atoms with Crippen LogP contribution in [0.3, 0.4) is 0 Å². The molecule has 3 amide bonds. The van der Waals surface area contributed by atoms with Crippen molar-refractivity contribution in [3.8, 4) is 11.1 Å². The van der Waals surface area contributed by atoms with Crippen molar-refractivity contribution in [3.63, 3.8) is 0 Å². The molecule has 7 heterocycles. The van der Waals surface area contributed by atoms with Crippen molar-refractivity contribution in [2.45, 2.75) is 50.7 Å². The maximum absolute atomic E-state index is 15.6. The highest BCUT2D eigenvalue weighted by molar-refractivity contribution is 7.90. The molecular weight excluding hydrogens is 855 g/mol. The molecule has 19 nitrogen and oxygen atoms in total. The predicted molar refractivity (Wildman–Crippen MR) is 232 cm³/mol. The Morgan fingerprint density at radius 2 is 1.64 bits per heavy atom. The number of halogens is 2. The number of carbonyl (C=O) groups excluding carboxylic acids is 4. The fraction of sp³-hybridized carbons (Fsp3) is 0.381. The SMILES string of the molecule is CCN(C)S(=O)(=O)Nc1cccc(C(=O)c2c[nH]c3ncc(-c4cnc(N5CCN(C(=O)CC6(O)CCN(c7nccc(NC8CCC(=O)NC8=O)c7F)CC6)CC5)nc4)cc23)c1F. The highest BCUT2D eigenvalue weighted by atomic mass is 32.2. The molecule has 1 atom stereocenters. The molecule has 0 radical (unpaired) electrons. The van der Waals surface area contributed by atoms with Crippen molar-refractivity contribution < 1.29 is 41.5 Å². The summed E-state index contributed by atoms with van der Waals surface area (Å²) in [5.41, 5.74) is -0.181. The quantitative estimate of drug-likeness (QED) is 0.0845. The van der Waals surface area contributed by atoms with Crippen LogP contribution in [0.1, 0.15) is 54.9 Å². The minimum absolute atomic E-state index is 0.0693. The van der Waals surface area contributed by atoms with E-state index in [1.54, 1.807) is 41.4 Å².